The van der Waals surface area contributed by atoms with E-state index in [4.69, 9.17) is 0 Å². The Morgan fingerprint density at radius 1 is 0.708 bits per heavy atom. The second-order valence-corrected chi connectivity index (χ2v) is 5.34. The van der Waals surface area contributed by atoms with Crippen molar-refractivity contribution in [1.82, 2.24) is 0 Å². The van der Waals surface area contributed by atoms with Gasteiger partial charge >= 0.3 is 0 Å². The summed E-state index contributed by atoms with van der Waals surface area (Å²) in [4.78, 5) is 11.2. The molecular weight excluding hydrogens is 296 g/mol. The lowest BCUT2D eigenvalue weighted by Gasteiger charge is -2.32. The monoisotopic (exact) mass is 312 g/mol. The van der Waals surface area contributed by atoms with E-state index >= 15 is 0 Å². The summed E-state index contributed by atoms with van der Waals surface area (Å²) in [6, 6.07) is 30.0. The van der Waals surface area contributed by atoms with Crippen molar-refractivity contribution in [2.45, 2.75) is 0 Å². The maximum atomic E-state index is 4.63. The second kappa shape index (κ2) is 6.38. The predicted octanol–water partition coefficient (Wildman–Crippen LogP) is 4.66. The molecule has 4 rings (SSSR count). The Kier molecular flexibility index (Phi) is 3.78. The third-order valence-corrected chi connectivity index (χ3v) is 3.65. The fraction of sp³-hybridized carbons (Fsp3) is 0. The minimum Gasteiger partial charge on any atom is -0.325 e. The number of benzene rings is 3. The van der Waals surface area contributed by atoms with E-state index in [1.54, 1.807) is 0 Å². The van der Waals surface area contributed by atoms with Gasteiger partial charge in [-0.05, 0) is 36.4 Å². The predicted molar refractivity (Wildman–Crippen MR) is 100.0 cm³/mol. The van der Waals surface area contributed by atoms with Crippen LogP contribution in [0.4, 0.5) is 17.1 Å². The van der Waals surface area contributed by atoms with Gasteiger partial charge in [-0.1, -0.05) is 54.6 Å². The Morgan fingerprint density at radius 3 is 1.96 bits per heavy atom. The lowest BCUT2D eigenvalue weighted by Crippen LogP contribution is -2.49. The molecule has 0 radical (unpaired) electrons. The first-order chi connectivity index (χ1) is 11.9. The first-order valence-corrected chi connectivity index (χ1v) is 7.80. The molecule has 0 spiro atoms. The van der Waals surface area contributed by atoms with Gasteiger partial charge in [-0.3, -0.25) is 0 Å². The van der Waals surface area contributed by atoms with Crippen LogP contribution in [0.5, 0.6) is 0 Å². The molecular formula is C20H16N4. The van der Waals surface area contributed by atoms with E-state index in [2.05, 4.69) is 15.3 Å². The van der Waals surface area contributed by atoms with Gasteiger partial charge in [0.2, 0.25) is 11.9 Å². The lowest BCUT2D eigenvalue weighted by molar-refractivity contribution is 1.23. The summed E-state index contributed by atoms with van der Waals surface area (Å²) < 4.78 is 0. The molecule has 0 amide bonds. The van der Waals surface area contributed by atoms with Crippen molar-refractivity contribution >= 4 is 29.0 Å². The van der Waals surface area contributed by atoms with Crippen LogP contribution >= 0.6 is 0 Å². The fourth-order valence-electron chi connectivity index (χ4n) is 2.49. The molecule has 0 fully saturated rings. The zero-order valence-electron chi connectivity index (χ0n) is 13.0. The Bertz CT molecular complexity index is 871. The number of para-hydroxylation sites is 3. The molecule has 3 aromatic carbocycles. The highest BCUT2D eigenvalue weighted by Gasteiger charge is 2.29. The second-order valence-electron chi connectivity index (χ2n) is 5.34. The van der Waals surface area contributed by atoms with E-state index in [-0.39, 0.29) is 0 Å². The van der Waals surface area contributed by atoms with Crippen molar-refractivity contribution in [2.75, 3.05) is 10.2 Å². The highest BCUT2D eigenvalue weighted by molar-refractivity contribution is 6.33. The van der Waals surface area contributed by atoms with Gasteiger partial charge in [0.05, 0.1) is 11.4 Å². The molecule has 0 atom stereocenters. The molecule has 0 saturated carbocycles. The molecule has 1 N–H and O–H groups in total. The standard InChI is InChI=1S/C20H16N4/c1-4-10-16(11-5-1)21-19-23-20(22-17-12-6-2-7-13-17)24(19)18-14-8-3-9-15-18/h1-15H,(H,21,22,23). The first-order valence-electron chi connectivity index (χ1n) is 7.80. The normalized spacial score (nSPS) is 14.9. The number of nitrogens with zero attached hydrogens (tertiary/aromatic N) is 3. The number of rotatable bonds is 3. The summed E-state index contributed by atoms with van der Waals surface area (Å²) in [6.07, 6.45) is 0. The van der Waals surface area contributed by atoms with Crippen molar-refractivity contribution in [3.05, 3.63) is 91.0 Å². The highest BCUT2D eigenvalue weighted by atomic mass is 15.5. The molecule has 1 aliphatic rings. The maximum absolute atomic E-state index is 4.63. The van der Waals surface area contributed by atoms with Crippen molar-refractivity contribution in [2.24, 2.45) is 9.98 Å². The van der Waals surface area contributed by atoms with Crippen molar-refractivity contribution in [3.63, 3.8) is 0 Å². The number of anilines is 2. The van der Waals surface area contributed by atoms with E-state index < -0.39 is 0 Å². The molecule has 0 bridgehead atoms. The molecule has 3 aromatic rings. The maximum Gasteiger partial charge on any atom is 0.240 e. The van der Waals surface area contributed by atoms with Gasteiger partial charge in [0, 0.05) is 5.69 Å². The van der Waals surface area contributed by atoms with E-state index in [0.717, 1.165) is 23.0 Å². The van der Waals surface area contributed by atoms with Gasteiger partial charge in [-0.2, -0.15) is 4.99 Å². The van der Waals surface area contributed by atoms with E-state index in [1.165, 1.54) is 0 Å². The molecule has 0 unspecified atom stereocenters. The van der Waals surface area contributed by atoms with Crippen LogP contribution in [0.1, 0.15) is 0 Å². The van der Waals surface area contributed by atoms with E-state index in [9.17, 15) is 0 Å². The molecule has 4 heteroatoms. The van der Waals surface area contributed by atoms with Crippen molar-refractivity contribution < 1.29 is 0 Å². The number of nitrogens with one attached hydrogen (secondary N) is 1. The van der Waals surface area contributed by atoms with E-state index in [0.29, 0.717) is 5.96 Å². The molecule has 1 heterocycles. The van der Waals surface area contributed by atoms with Crippen LogP contribution in [0.2, 0.25) is 0 Å². The van der Waals surface area contributed by atoms with Crippen LogP contribution in [-0.2, 0) is 0 Å². The van der Waals surface area contributed by atoms with Gasteiger partial charge in [0.1, 0.15) is 0 Å². The van der Waals surface area contributed by atoms with Crippen LogP contribution in [0.15, 0.2) is 101 Å². The van der Waals surface area contributed by atoms with Crippen LogP contribution in [0, 0.1) is 0 Å². The fourth-order valence-corrected chi connectivity index (χ4v) is 2.49. The van der Waals surface area contributed by atoms with Gasteiger partial charge in [-0.15, -0.1) is 0 Å². The summed E-state index contributed by atoms with van der Waals surface area (Å²) >= 11 is 0. The van der Waals surface area contributed by atoms with E-state index in [1.807, 2.05) is 95.9 Å². The summed E-state index contributed by atoms with van der Waals surface area (Å²) in [5.74, 6) is 1.44. The minimum atomic E-state index is 0.672. The molecule has 0 saturated heterocycles. The Hall–Kier alpha value is -3.40. The Balaban J connectivity index is 1.67. The molecule has 4 nitrogen and oxygen atoms in total. The summed E-state index contributed by atoms with van der Waals surface area (Å²) in [6.45, 7) is 0. The summed E-state index contributed by atoms with van der Waals surface area (Å²) in [7, 11) is 0. The van der Waals surface area contributed by atoms with Crippen LogP contribution in [0.25, 0.3) is 0 Å². The SMILES string of the molecule is c1ccc(N=C2N=C(Nc3ccccc3)N2c2ccccc2)cc1. The molecule has 116 valence electrons. The minimum absolute atomic E-state index is 0.672. The smallest absolute Gasteiger partial charge is 0.240 e. The zero-order chi connectivity index (χ0) is 16.2. The highest BCUT2D eigenvalue weighted by Crippen LogP contribution is 2.24. The van der Waals surface area contributed by atoms with Crippen molar-refractivity contribution in [1.29, 1.82) is 0 Å². The number of hydrogen-bond acceptors (Lipinski definition) is 2. The first kappa shape index (κ1) is 14.2. The third kappa shape index (κ3) is 2.90. The average molecular weight is 312 g/mol. The van der Waals surface area contributed by atoms with Gasteiger partial charge in [0.15, 0.2) is 0 Å². The van der Waals surface area contributed by atoms with Gasteiger partial charge in [-0.25, -0.2) is 9.89 Å². The van der Waals surface area contributed by atoms with Crippen molar-refractivity contribution in [3.8, 4) is 0 Å². The number of aliphatic imine (C=N–C) groups is 2. The Morgan fingerprint density at radius 2 is 1.29 bits per heavy atom. The zero-order valence-corrected chi connectivity index (χ0v) is 13.0. The van der Waals surface area contributed by atoms with Gasteiger partial charge in [0.25, 0.3) is 0 Å². The van der Waals surface area contributed by atoms with Crippen LogP contribution in [0.3, 0.4) is 0 Å². The molecule has 1 aliphatic heterocycles. The molecule has 0 aliphatic carbocycles. The molecule has 24 heavy (non-hydrogen) atoms. The lowest BCUT2D eigenvalue weighted by atomic mass is 10.2. The van der Waals surface area contributed by atoms with Crippen LogP contribution in [-0.4, -0.2) is 11.9 Å². The topological polar surface area (TPSA) is 40.0 Å². The average Bonchev–Trinajstić information content (AvgIpc) is 2.63. The van der Waals surface area contributed by atoms with Gasteiger partial charge < -0.3 is 5.32 Å². The largest absolute Gasteiger partial charge is 0.325 e. The number of guanidine groups is 2. The Labute approximate surface area is 140 Å². The third-order valence-electron chi connectivity index (χ3n) is 3.65. The molecule has 0 aromatic heterocycles. The van der Waals surface area contributed by atoms with Crippen LogP contribution < -0.4 is 10.2 Å². The quantitative estimate of drug-likeness (QED) is 0.764. The number of hydrogen-bond donors (Lipinski definition) is 1. The summed E-state index contributed by atoms with van der Waals surface area (Å²) in [5, 5.41) is 3.34. The summed E-state index contributed by atoms with van der Waals surface area (Å²) in [5.41, 5.74) is 2.91.